The van der Waals surface area contributed by atoms with Gasteiger partial charge in [0.15, 0.2) is 0 Å². The lowest BCUT2D eigenvalue weighted by atomic mass is 9.92. The van der Waals surface area contributed by atoms with Crippen LogP contribution < -0.4 is 0 Å². The first-order valence-corrected chi connectivity index (χ1v) is 7.18. The molecule has 0 fully saturated rings. The van der Waals surface area contributed by atoms with Crippen LogP contribution in [0.1, 0.15) is 35.6 Å². The van der Waals surface area contributed by atoms with Crippen LogP contribution >= 0.6 is 0 Å². The average molecular weight is 285 g/mol. The number of fused-ring (bicyclic) bond motifs is 1. The zero-order chi connectivity index (χ0) is 15.0. The van der Waals surface area contributed by atoms with Gasteiger partial charge in [-0.15, -0.1) is 0 Å². The molecule has 2 unspecified atom stereocenters. The van der Waals surface area contributed by atoms with Crippen LogP contribution in [0, 0.1) is 6.92 Å². The maximum absolute atomic E-state index is 11.6. The number of carbonyl (C=O) groups is 1. The van der Waals surface area contributed by atoms with E-state index in [2.05, 4.69) is 6.07 Å². The molecule has 0 amide bonds. The molecule has 21 heavy (non-hydrogen) atoms. The van der Waals surface area contributed by atoms with Gasteiger partial charge in [0.05, 0.1) is 6.04 Å². The first kappa shape index (κ1) is 13.9. The Morgan fingerprint density at radius 3 is 2.62 bits per heavy atom. The minimum absolute atomic E-state index is 0.0619. The van der Waals surface area contributed by atoms with E-state index in [0.717, 1.165) is 17.1 Å². The Labute approximate surface area is 124 Å². The first-order valence-electron chi connectivity index (χ1n) is 7.18. The number of aryl methyl sites for hydroxylation is 1. The van der Waals surface area contributed by atoms with E-state index in [1.54, 1.807) is 0 Å². The number of carboxylic acids is 1. The number of furan rings is 1. The van der Waals surface area contributed by atoms with Crippen molar-refractivity contribution in [3.05, 3.63) is 59.0 Å². The Kier molecular flexibility index (Phi) is 3.55. The van der Waals surface area contributed by atoms with Crippen LogP contribution in [0.15, 0.2) is 40.8 Å². The van der Waals surface area contributed by atoms with Crippen molar-refractivity contribution < 1.29 is 14.3 Å². The van der Waals surface area contributed by atoms with Gasteiger partial charge in [-0.1, -0.05) is 24.3 Å². The number of carboxylic acid groups (broad SMARTS) is 1. The molecule has 0 aliphatic carbocycles. The van der Waals surface area contributed by atoms with Gasteiger partial charge < -0.3 is 9.52 Å². The summed E-state index contributed by atoms with van der Waals surface area (Å²) in [4.78, 5) is 13.6. The van der Waals surface area contributed by atoms with Crippen LogP contribution in [-0.4, -0.2) is 22.0 Å². The number of hydrogen-bond acceptors (Lipinski definition) is 3. The fourth-order valence-corrected chi connectivity index (χ4v) is 3.02. The monoisotopic (exact) mass is 285 g/mol. The molecule has 0 radical (unpaired) electrons. The molecule has 1 aromatic carbocycles. The second-order valence-corrected chi connectivity index (χ2v) is 5.62. The second kappa shape index (κ2) is 5.37. The van der Waals surface area contributed by atoms with Crippen LogP contribution in [0.2, 0.25) is 0 Å². The van der Waals surface area contributed by atoms with E-state index >= 15 is 0 Å². The van der Waals surface area contributed by atoms with Crippen molar-refractivity contribution in [1.29, 1.82) is 0 Å². The molecular weight excluding hydrogens is 266 g/mol. The van der Waals surface area contributed by atoms with Gasteiger partial charge in [-0.2, -0.15) is 0 Å². The Bertz CT molecular complexity index is 662. The minimum atomic E-state index is -0.778. The summed E-state index contributed by atoms with van der Waals surface area (Å²) in [5.74, 6) is 0.888. The average Bonchev–Trinajstić information content (AvgIpc) is 2.91. The third-order valence-corrected chi connectivity index (χ3v) is 4.24. The Balaban J connectivity index is 1.94. The van der Waals surface area contributed by atoms with E-state index in [0.29, 0.717) is 13.0 Å². The van der Waals surface area contributed by atoms with Crippen molar-refractivity contribution in [3.63, 3.8) is 0 Å². The molecule has 1 aliphatic heterocycles. The highest BCUT2D eigenvalue weighted by molar-refractivity contribution is 5.74. The molecule has 1 aliphatic rings. The van der Waals surface area contributed by atoms with Crippen LogP contribution in [0.3, 0.4) is 0 Å². The van der Waals surface area contributed by atoms with Crippen molar-refractivity contribution in [2.75, 3.05) is 0 Å². The van der Waals surface area contributed by atoms with Crippen LogP contribution in [0.5, 0.6) is 0 Å². The van der Waals surface area contributed by atoms with Crippen LogP contribution in [0.4, 0.5) is 0 Å². The summed E-state index contributed by atoms with van der Waals surface area (Å²) in [5, 5.41) is 9.56. The van der Waals surface area contributed by atoms with Gasteiger partial charge in [0.1, 0.15) is 17.6 Å². The third kappa shape index (κ3) is 2.59. The quantitative estimate of drug-likeness (QED) is 0.941. The molecule has 1 N–H and O–H groups in total. The largest absolute Gasteiger partial charge is 0.480 e. The van der Waals surface area contributed by atoms with Gasteiger partial charge in [0.2, 0.25) is 0 Å². The molecule has 0 saturated heterocycles. The highest BCUT2D eigenvalue weighted by Crippen LogP contribution is 2.32. The molecule has 0 bridgehead atoms. The summed E-state index contributed by atoms with van der Waals surface area (Å²) in [6, 6.07) is 11.3. The molecule has 2 aromatic rings. The lowest BCUT2D eigenvalue weighted by Crippen LogP contribution is -2.46. The lowest BCUT2D eigenvalue weighted by molar-refractivity contribution is -0.145. The molecule has 3 rings (SSSR count). The Hall–Kier alpha value is -2.07. The van der Waals surface area contributed by atoms with Gasteiger partial charge in [-0.3, -0.25) is 9.69 Å². The highest BCUT2D eigenvalue weighted by atomic mass is 16.4. The van der Waals surface area contributed by atoms with E-state index in [9.17, 15) is 9.90 Å². The van der Waals surface area contributed by atoms with E-state index in [1.165, 1.54) is 5.56 Å². The predicted octanol–water partition coefficient (Wildman–Crippen LogP) is 3.16. The highest BCUT2D eigenvalue weighted by Gasteiger charge is 2.35. The topological polar surface area (TPSA) is 53.7 Å². The van der Waals surface area contributed by atoms with E-state index in [-0.39, 0.29) is 6.04 Å². The number of rotatable bonds is 3. The Morgan fingerprint density at radius 1 is 1.29 bits per heavy atom. The number of hydrogen-bond donors (Lipinski definition) is 1. The standard InChI is InChI=1S/C17H19NO3/c1-11-7-8-16(21-11)12(2)18-10-14-6-4-3-5-13(14)9-15(18)17(19)20/h3-8,12,15H,9-10H2,1-2H3,(H,19,20). The fourth-order valence-electron chi connectivity index (χ4n) is 3.02. The first-order chi connectivity index (χ1) is 10.1. The van der Waals surface area contributed by atoms with Crippen molar-refractivity contribution in [1.82, 2.24) is 4.90 Å². The van der Waals surface area contributed by atoms with Crippen molar-refractivity contribution in [3.8, 4) is 0 Å². The minimum Gasteiger partial charge on any atom is -0.480 e. The van der Waals surface area contributed by atoms with Crippen molar-refractivity contribution in [2.24, 2.45) is 0 Å². The second-order valence-electron chi connectivity index (χ2n) is 5.62. The summed E-state index contributed by atoms with van der Waals surface area (Å²) in [6.45, 7) is 4.53. The zero-order valence-corrected chi connectivity index (χ0v) is 12.2. The molecule has 0 spiro atoms. The maximum atomic E-state index is 11.6. The van der Waals surface area contributed by atoms with E-state index < -0.39 is 12.0 Å². The molecule has 1 aromatic heterocycles. The van der Waals surface area contributed by atoms with Crippen LogP contribution in [-0.2, 0) is 17.8 Å². The summed E-state index contributed by atoms with van der Waals surface area (Å²) in [5.41, 5.74) is 2.33. The maximum Gasteiger partial charge on any atom is 0.321 e. The molecule has 2 heterocycles. The van der Waals surface area contributed by atoms with E-state index in [4.69, 9.17) is 4.42 Å². The smallest absolute Gasteiger partial charge is 0.321 e. The Morgan fingerprint density at radius 2 is 2.00 bits per heavy atom. The number of benzene rings is 1. The summed E-state index contributed by atoms with van der Waals surface area (Å²) in [7, 11) is 0. The van der Waals surface area contributed by atoms with Gasteiger partial charge in [0, 0.05) is 6.54 Å². The predicted molar refractivity (Wildman–Crippen MR) is 79.0 cm³/mol. The zero-order valence-electron chi connectivity index (χ0n) is 12.2. The molecule has 2 atom stereocenters. The van der Waals surface area contributed by atoms with Gasteiger partial charge in [0.25, 0.3) is 0 Å². The number of nitrogens with zero attached hydrogens (tertiary/aromatic N) is 1. The fraction of sp³-hybridized carbons (Fsp3) is 0.353. The SMILES string of the molecule is Cc1ccc(C(C)N2Cc3ccccc3CC2C(=O)O)o1. The molecule has 4 heteroatoms. The lowest BCUT2D eigenvalue weighted by Gasteiger charge is -2.37. The van der Waals surface area contributed by atoms with Crippen LogP contribution in [0.25, 0.3) is 0 Å². The summed E-state index contributed by atoms with van der Waals surface area (Å²) >= 11 is 0. The van der Waals surface area contributed by atoms with Crippen molar-refractivity contribution >= 4 is 5.97 Å². The summed E-state index contributed by atoms with van der Waals surface area (Å²) < 4.78 is 5.68. The molecular formula is C17H19NO3. The van der Waals surface area contributed by atoms with Gasteiger partial charge in [-0.05, 0) is 43.5 Å². The van der Waals surface area contributed by atoms with E-state index in [1.807, 2.05) is 49.1 Å². The molecule has 110 valence electrons. The molecule has 4 nitrogen and oxygen atoms in total. The third-order valence-electron chi connectivity index (χ3n) is 4.24. The number of aliphatic carboxylic acids is 1. The normalized spacial score (nSPS) is 20.0. The summed E-state index contributed by atoms with van der Waals surface area (Å²) in [6.07, 6.45) is 0.537. The van der Waals surface area contributed by atoms with Gasteiger partial charge in [-0.25, -0.2) is 0 Å². The van der Waals surface area contributed by atoms with Gasteiger partial charge >= 0.3 is 5.97 Å². The van der Waals surface area contributed by atoms with Crippen molar-refractivity contribution in [2.45, 2.75) is 38.9 Å². The molecule has 0 saturated carbocycles.